The Labute approximate surface area is 152 Å². The van der Waals surface area contributed by atoms with E-state index in [1.165, 1.54) is 0 Å². The van der Waals surface area contributed by atoms with Crippen LogP contribution in [0.15, 0.2) is 60.9 Å². The molecule has 128 valence electrons. The first-order chi connectivity index (χ1) is 12.2. The van der Waals surface area contributed by atoms with Crippen molar-refractivity contribution in [3.05, 3.63) is 72.3 Å². The highest BCUT2D eigenvalue weighted by molar-refractivity contribution is 7.80. The summed E-state index contributed by atoms with van der Waals surface area (Å²) in [5.41, 5.74) is 3.15. The molecule has 3 rings (SSSR count). The van der Waals surface area contributed by atoms with Crippen molar-refractivity contribution in [3.63, 3.8) is 0 Å². The van der Waals surface area contributed by atoms with E-state index in [2.05, 4.69) is 32.3 Å². The van der Waals surface area contributed by atoms with Gasteiger partial charge in [0.1, 0.15) is 11.6 Å². The number of para-hydroxylation sites is 1. The van der Waals surface area contributed by atoms with Crippen molar-refractivity contribution in [1.29, 1.82) is 0 Å². The summed E-state index contributed by atoms with van der Waals surface area (Å²) in [7, 11) is 1.65. The largest absolute Gasteiger partial charge is 0.497 e. The molecule has 0 aliphatic heterocycles. The van der Waals surface area contributed by atoms with Crippen molar-refractivity contribution >= 4 is 23.0 Å². The summed E-state index contributed by atoms with van der Waals surface area (Å²) in [4.78, 5) is 4.29. The van der Waals surface area contributed by atoms with Gasteiger partial charge in [0.25, 0.3) is 0 Å². The van der Waals surface area contributed by atoms with Crippen molar-refractivity contribution in [1.82, 2.24) is 14.9 Å². The third kappa shape index (κ3) is 4.16. The number of nitrogens with one attached hydrogen (secondary N) is 2. The van der Waals surface area contributed by atoms with E-state index in [1.54, 1.807) is 13.3 Å². The lowest BCUT2D eigenvalue weighted by molar-refractivity contribution is 0.415. The zero-order valence-corrected chi connectivity index (χ0v) is 15.0. The van der Waals surface area contributed by atoms with Crippen LogP contribution < -0.4 is 15.4 Å². The monoisotopic (exact) mass is 352 g/mol. The van der Waals surface area contributed by atoms with Gasteiger partial charge < -0.3 is 19.9 Å². The summed E-state index contributed by atoms with van der Waals surface area (Å²) in [5, 5.41) is 7.00. The first kappa shape index (κ1) is 17.0. The van der Waals surface area contributed by atoms with E-state index in [9.17, 15) is 0 Å². The minimum Gasteiger partial charge on any atom is -0.497 e. The van der Waals surface area contributed by atoms with Gasteiger partial charge in [-0.1, -0.05) is 18.2 Å². The maximum absolute atomic E-state index is 5.39. The van der Waals surface area contributed by atoms with Crippen molar-refractivity contribution < 1.29 is 4.74 Å². The zero-order chi connectivity index (χ0) is 17.6. The van der Waals surface area contributed by atoms with Crippen LogP contribution in [0.3, 0.4) is 0 Å². The Bertz CT molecular complexity index is 858. The predicted molar refractivity (Wildman–Crippen MR) is 104 cm³/mol. The highest BCUT2D eigenvalue weighted by Gasteiger charge is 2.07. The van der Waals surface area contributed by atoms with E-state index < -0.39 is 0 Å². The van der Waals surface area contributed by atoms with Gasteiger partial charge in [0.2, 0.25) is 0 Å². The van der Waals surface area contributed by atoms with Crippen molar-refractivity contribution in [2.24, 2.45) is 0 Å². The van der Waals surface area contributed by atoms with E-state index in [1.807, 2.05) is 49.5 Å². The maximum atomic E-state index is 5.39. The maximum Gasteiger partial charge on any atom is 0.171 e. The molecule has 1 heterocycles. The fourth-order valence-corrected chi connectivity index (χ4v) is 2.74. The van der Waals surface area contributed by atoms with Gasteiger partial charge in [-0.2, -0.15) is 0 Å². The van der Waals surface area contributed by atoms with Gasteiger partial charge in [-0.05, 0) is 55.0 Å². The number of aryl methyl sites for hydroxylation is 1. The van der Waals surface area contributed by atoms with Crippen molar-refractivity contribution in [2.45, 2.75) is 13.5 Å². The number of ether oxygens (including phenoxy) is 1. The second-order valence-electron chi connectivity index (χ2n) is 5.51. The Kier molecular flexibility index (Phi) is 5.30. The zero-order valence-electron chi connectivity index (χ0n) is 14.2. The first-order valence-electron chi connectivity index (χ1n) is 7.94. The van der Waals surface area contributed by atoms with Crippen LogP contribution in [0.4, 0.5) is 5.69 Å². The molecule has 0 aliphatic carbocycles. The summed E-state index contributed by atoms with van der Waals surface area (Å²) >= 11 is 5.39. The number of aromatic nitrogens is 2. The van der Waals surface area contributed by atoms with Crippen LogP contribution >= 0.6 is 12.2 Å². The molecule has 0 aliphatic rings. The van der Waals surface area contributed by atoms with Crippen LogP contribution in [0, 0.1) is 6.92 Å². The smallest absolute Gasteiger partial charge is 0.171 e. The van der Waals surface area contributed by atoms with Crippen molar-refractivity contribution in [2.75, 3.05) is 12.4 Å². The molecule has 0 radical (unpaired) electrons. The van der Waals surface area contributed by atoms with E-state index in [0.29, 0.717) is 11.7 Å². The average Bonchev–Trinajstić information content (AvgIpc) is 3.06. The molecule has 0 unspecified atom stereocenters. The van der Waals surface area contributed by atoms with E-state index in [4.69, 9.17) is 17.0 Å². The molecule has 0 fully saturated rings. The summed E-state index contributed by atoms with van der Waals surface area (Å²) in [6.07, 6.45) is 3.76. The molecule has 0 amide bonds. The molecule has 3 aromatic rings. The fourth-order valence-electron chi connectivity index (χ4n) is 2.55. The van der Waals surface area contributed by atoms with Crippen LogP contribution in [0.2, 0.25) is 0 Å². The third-order valence-corrected chi connectivity index (χ3v) is 4.11. The number of rotatable bonds is 5. The van der Waals surface area contributed by atoms with Crippen LogP contribution in [0.5, 0.6) is 5.75 Å². The highest BCUT2D eigenvalue weighted by Crippen LogP contribution is 2.17. The van der Waals surface area contributed by atoms with Gasteiger partial charge in [-0.3, -0.25) is 0 Å². The molecule has 0 bridgehead atoms. The van der Waals surface area contributed by atoms with Crippen LogP contribution in [0.25, 0.3) is 5.69 Å². The number of nitrogens with zero attached hydrogens (tertiary/aromatic N) is 2. The number of methoxy groups -OCH3 is 1. The molecule has 0 saturated heterocycles. The Balaban J connectivity index is 1.65. The van der Waals surface area contributed by atoms with Crippen molar-refractivity contribution in [3.8, 4) is 11.4 Å². The normalized spacial score (nSPS) is 10.3. The second kappa shape index (κ2) is 7.81. The number of imidazole rings is 1. The Morgan fingerprint density at radius 2 is 1.92 bits per heavy atom. The fraction of sp³-hybridized carbons (Fsp3) is 0.158. The third-order valence-electron chi connectivity index (χ3n) is 3.86. The van der Waals surface area contributed by atoms with Gasteiger partial charge in [0, 0.05) is 24.6 Å². The molecule has 0 spiro atoms. The summed E-state index contributed by atoms with van der Waals surface area (Å²) in [6.45, 7) is 2.61. The van der Waals surface area contributed by atoms with Gasteiger partial charge >= 0.3 is 0 Å². The van der Waals surface area contributed by atoms with Gasteiger partial charge in [0.15, 0.2) is 5.11 Å². The number of benzene rings is 2. The second-order valence-corrected chi connectivity index (χ2v) is 5.92. The van der Waals surface area contributed by atoms with Crippen LogP contribution in [-0.4, -0.2) is 21.8 Å². The molecule has 0 atom stereocenters. The first-order valence-corrected chi connectivity index (χ1v) is 8.35. The molecule has 2 aromatic carbocycles. The Morgan fingerprint density at radius 3 is 2.60 bits per heavy atom. The molecule has 6 heteroatoms. The van der Waals surface area contributed by atoms with E-state index in [-0.39, 0.29) is 0 Å². The topological polar surface area (TPSA) is 51.1 Å². The van der Waals surface area contributed by atoms with Gasteiger partial charge in [-0.25, -0.2) is 4.98 Å². The lowest BCUT2D eigenvalue weighted by Gasteiger charge is -2.14. The molecular formula is C19H20N4OS. The lowest BCUT2D eigenvalue weighted by Crippen LogP contribution is -2.28. The SMILES string of the molecule is COc1ccc(NC(=S)NCc2ccccc2-n2ccnc2C)cc1. The Hall–Kier alpha value is -2.86. The minimum absolute atomic E-state index is 0.572. The average molecular weight is 352 g/mol. The Morgan fingerprint density at radius 1 is 1.16 bits per heavy atom. The highest BCUT2D eigenvalue weighted by atomic mass is 32.1. The lowest BCUT2D eigenvalue weighted by atomic mass is 10.1. The quantitative estimate of drug-likeness (QED) is 0.686. The van der Waals surface area contributed by atoms with E-state index >= 15 is 0 Å². The molecule has 1 aromatic heterocycles. The number of anilines is 1. The number of hydrogen-bond acceptors (Lipinski definition) is 3. The standard InChI is InChI=1S/C19H20N4OS/c1-14-20-11-12-23(14)18-6-4-3-5-15(18)13-21-19(25)22-16-7-9-17(24-2)10-8-16/h3-12H,13H2,1-2H3,(H2,21,22,25). The summed E-state index contributed by atoms with van der Waals surface area (Å²) in [5.74, 6) is 1.76. The molecule has 0 saturated carbocycles. The summed E-state index contributed by atoms with van der Waals surface area (Å²) < 4.78 is 7.22. The number of hydrogen-bond donors (Lipinski definition) is 2. The molecule has 2 N–H and O–H groups in total. The predicted octanol–water partition coefficient (Wildman–Crippen LogP) is 3.68. The molecule has 5 nitrogen and oxygen atoms in total. The molecule has 25 heavy (non-hydrogen) atoms. The van der Waals surface area contributed by atoms with Gasteiger partial charge in [0.05, 0.1) is 12.8 Å². The van der Waals surface area contributed by atoms with Crippen LogP contribution in [-0.2, 0) is 6.54 Å². The minimum atomic E-state index is 0.572. The van der Waals surface area contributed by atoms with Crippen LogP contribution in [0.1, 0.15) is 11.4 Å². The summed E-state index contributed by atoms with van der Waals surface area (Å²) in [6, 6.07) is 15.8. The number of thiocarbonyl (C=S) groups is 1. The van der Waals surface area contributed by atoms with Gasteiger partial charge in [-0.15, -0.1) is 0 Å². The van der Waals surface area contributed by atoms with E-state index in [0.717, 1.165) is 28.5 Å². The molecular weight excluding hydrogens is 332 g/mol.